The number of fused-ring (bicyclic) bond motifs is 5. The third-order valence-corrected chi connectivity index (χ3v) is 10.1. The number of methoxy groups -OCH3 is 1. The van der Waals surface area contributed by atoms with Crippen molar-refractivity contribution in [2.75, 3.05) is 7.11 Å². The van der Waals surface area contributed by atoms with Gasteiger partial charge in [0.1, 0.15) is 5.78 Å². The maximum absolute atomic E-state index is 12.8. The number of Topliss-reactive ketones (excluding diaryl/α,β-unsaturated/α-hetero) is 1. The second kappa shape index (κ2) is 5.81. The zero-order chi connectivity index (χ0) is 19.8. The summed E-state index contributed by atoms with van der Waals surface area (Å²) in [5.41, 5.74) is -0.920. The Bertz CT molecular complexity index is 673. The average molecular weight is 377 g/mol. The van der Waals surface area contributed by atoms with Gasteiger partial charge in [0.15, 0.2) is 0 Å². The second-order valence-corrected chi connectivity index (χ2v) is 11.0. The van der Waals surface area contributed by atoms with E-state index < -0.39 is 16.9 Å². The monoisotopic (exact) mass is 376 g/mol. The summed E-state index contributed by atoms with van der Waals surface area (Å²) in [6, 6.07) is 0. The van der Waals surface area contributed by atoms with Crippen molar-refractivity contribution in [1.82, 2.24) is 0 Å². The van der Waals surface area contributed by atoms with Crippen molar-refractivity contribution in [1.29, 1.82) is 0 Å². The van der Waals surface area contributed by atoms with Crippen LogP contribution in [0.3, 0.4) is 0 Å². The topological polar surface area (TPSA) is 63.6 Å². The van der Waals surface area contributed by atoms with Crippen LogP contribution in [-0.4, -0.2) is 30.1 Å². The molecule has 8 atom stereocenters. The molecule has 4 aliphatic carbocycles. The molecule has 0 saturated heterocycles. The predicted molar refractivity (Wildman–Crippen MR) is 103 cm³/mol. The summed E-state index contributed by atoms with van der Waals surface area (Å²) in [7, 11) is 1.51. The highest BCUT2D eigenvalue weighted by molar-refractivity contribution is 5.88. The summed E-state index contributed by atoms with van der Waals surface area (Å²) in [6.07, 6.45) is 6.76. The first-order chi connectivity index (χ1) is 12.5. The van der Waals surface area contributed by atoms with Crippen molar-refractivity contribution >= 4 is 11.8 Å². The number of carbonyl (C=O) groups is 2. The molecule has 0 spiro atoms. The van der Waals surface area contributed by atoms with E-state index in [4.69, 9.17) is 4.74 Å². The lowest BCUT2D eigenvalue weighted by Crippen LogP contribution is -2.65. The van der Waals surface area contributed by atoms with E-state index in [1.807, 2.05) is 6.92 Å². The SMILES string of the molecule is COC(=O)[C@@]1(C)CCC[C@@]2(C)C1CC[C@@]1(C)[C@@H]3CCC(=O)[C@]3(C)[C@H](O)C[C@@H]12. The molecule has 4 aliphatic rings. The Morgan fingerprint density at radius 1 is 1.00 bits per heavy atom. The van der Waals surface area contributed by atoms with Gasteiger partial charge in [-0.25, -0.2) is 0 Å². The number of carbonyl (C=O) groups excluding carboxylic acids is 2. The Kier molecular flexibility index (Phi) is 4.18. The van der Waals surface area contributed by atoms with Gasteiger partial charge < -0.3 is 9.84 Å². The van der Waals surface area contributed by atoms with Crippen molar-refractivity contribution in [2.24, 2.45) is 39.4 Å². The van der Waals surface area contributed by atoms with Gasteiger partial charge in [-0.15, -0.1) is 0 Å². The van der Waals surface area contributed by atoms with Crippen LogP contribution >= 0.6 is 0 Å². The van der Waals surface area contributed by atoms with E-state index in [-0.39, 0.29) is 34.4 Å². The van der Waals surface area contributed by atoms with Gasteiger partial charge in [-0.1, -0.05) is 20.3 Å². The largest absolute Gasteiger partial charge is 0.469 e. The minimum Gasteiger partial charge on any atom is -0.469 e. The van der Waals surface area contributed by atoms with Crippen LogP contribution in [0.15, 0.2) is 0 Å². The van der Waals surface area contributed by atoms with E-state index in [1.165, 1.54) is 7.11 Å². The Morgan fingerprint density at radius 3 is 2.33 bits per heavy atom. The Labute approximate surface area is 163 Å². The molecule has 0 radical (unpaired) electrons. The molecular weight excluding hydrogens is 340 g/mol. The molecule has 4 saturated carbocycles. The molecule has 0 aromatic heterocycles. The van der Waals surface area contributed by atoms with Gasteiger partial charge in [-0.2, -0.15) is 0 Å². The third-order valence-electron chi connectivity index (χ3n) is 10.1. The summed E-state index contributed by atoms with van der Waals surface area (Å²) >= 11 is 0. The molecule has 0 aromatic rings. The van der Waals surface area contributed by atoms with Gasteiger partial charge in [0.05, 0.1) is 24.0 Å². The van der Waals surface area contributed by atoms with Gasteiger partial charge >= 0.3 is 5.97 Å². The number of rotatable bonds is 1. The Morgan fingerprint density at radius 2 is 1.67 bits per heavy atom. The minimum absolute atomic E-state index is 0.0160. The lowest BCUT2D eigenvalue weighted by molar-refractivity contribution is -0.219. The van der Waals surface area contributed by atoms with Crippen LogP contribution in [0.2, 0.25) is 0 Å². The van der Waals surface area contributed by atoms with Crippen LogP contribution in [0, 0.1) is 39.4 Å². The van der Waals surface area contributed by atoms with E-state index in [9.17, 15) is 14.7 Å². The molecule has 27 heavy (non-hydrogen) atoms. The van der Waals surface area contributed by atoms with E-state index in [0.29, 0.717) is 18.8 Å². The van der Waals surface area contributed by atoms with Gasteiger partial charge in [-0.05, 0) is 81.0 Å². The van der Waals surface area contributed by atoms with E-state index in [0.717, 1.165) is 38.5 Å². The van der Waals surface area contributed by atoms with Crippen LogP contribution < -0.4 is 0 Å². The summed E-state index contributed by atoms with van der Waals surface area (Å²) in [5, 5.41) is 11.1. The number of esters is 1. The van der Waals surface area contributed by atoms with Crippen LogP contribution in [0.25, 0.3) is 0 Å². The molecular formula is C23H36O4. The van der Waals surface area contributed by atoms with Crippen LogP contribution in [0.1, 0.15) is 79.1 Å². The fourth-order valence-corrected chi connectivity index (χ4v) is 8.73. The van der Waals surface area contributed by atoms with Gasteiger partial charge in [-0.3, -0.25) is 9.59 Å². The van der Waals surface area contributed by atoms with Crippen molar-refractivity contribution in [3.8, 4) is 0 Å². The number of aliphatic hydroxyl groups is 1. The first-order valence-electron chi connectivity index (χ1n) is 10.8. The smallest absolute Gasteiger partial charge is 0.311 e. The summed E-state index contributed by atoms with van der Waals surface area (Å²) in [6.45, 7) is 8.88. The molecule has 0 aromatic carbocycles. The Hall–Kier alpha value is -0.900. The van der Waals surface area contributed by atoms with Gasteiger partial charge in [0.25, 0.3) is 0 Å². The Balaban J connectivity index is 1.77. The molecule has 152 valence electrons. The standard InChI is InChI=1S/C23H36O4/c1-20-10-6-11-22(3,19(26)27-5)14(20)9-12-21(2)15-7-8-17(24)23(15,4)18(25)13-16(20)21/h14-16,18,25H,6-13H2,1-5H3/t14?,15-,16+,18+,20-,21-,22-,23+/m0/s1. The number of ether oxygens (including phenoxy) is 1. The molecule has 4 rings (SSSR count). The molecule has 4 nitrogen and oxygen atoms in total. The number of hydrogen-bond acceptors (Lipinski definition) is 4. The zero-order valence-electron chi connectivity index (χ0n) is 17.6. The molecule has 0 amide bonds. The van der Waals surface area contributed by atoms with Crippen molar-refractivity contribution in [3.63, 3.8) is 0 Å². The van der Waals surface area contributed by atoms with E-state index >= 15 is 0 Å². The lowest BCUT2D eigenvalue weighted by Gasteiger charge is -2.67. The highest BCUT2D eigenvalue weighted by atomic mass is 16.5. The maximum atomic E-state index is 12.8. The summed E-state index contributed by atoms with van der Waals surface area (Å²) in [5.74, 6) is 1.09. The van der Waals surface area contributed by atoms with E-state index in [1.54, 1.807) is 0 Å². The number of hydrogen-bond donors (Lipinski definition) is 1. The van der Waals surface area contributed by atoms with Crippen LogP contribution in [-0.2, 0) is 14.3 Å². The van der Waals surface area contributed by atoms with Gasteiger partial charge in [0.2, 0.25) is 0 Å². The molecule has 1 unspecified atom stereocenters. The molecule has 0 heterocycles. The van der Waals surface area contributed by atoms with Crippen LogP contribution in [0.4, 0.5) is 0 Å². The van der Waals surface area contributed by atoms with E-state index in [2.05, 4.69) is 20.8 Å². The molecule has 4 heteroatoms. The fraction of sp³-hybridized carbons (Fsp3) is 0.913. The summed E-state index contributed by atoms with van der Waals surface area (Å²) < 4.78 is 5.24. The molecule has 4 fully saturated rings. The highest BCUT2D eigenvalue weighted by Gasteiger charge is 2.70. The first kappa shape index (κ1) is 19.4. The highest BCUT2D eigenvalue weighted by Crippen LogP contribution is 2.72. The molecule has 1 N–H and O–H groups in total. The first-order valence-corrected chi connectivity index (χ1v) is 10.8. The van der Waals surface area contributed by atoms with Crippen LogP contribution in [0.5, 0.6) is 0 Å². The second-order valence-electron chi connectivity index (χ2n) is 11.0. The zero-order valence-corrected chi connectivity index (χ0v) is 17.6. The number of ketones is 1. The maximum Gasteiger partial charge on any atom is 0.311 e. The average Bonchev–Trinajstić information content (AvgIpc) is 2.94. The molecule has 0 bridgehead atoms. The predicted octanol–water partition coefficient (Wildman–Crippen LogP) is 4.14. The minimum atomic E-state index is -0.575. The number of aliphatic hydroxyl groups excluding tert-OH is 1. The van der Waals surface area contributed by atoms with Gasteiger partial charge in [0, 0.05) is 6.42 Å². The van der Waals surface area contributed by atoms with Crippen molar-refractivity contribution in [3.05, 3.63) is 0 Å². The third kappa shape index (κ3) is 2.20. The fourth-order valence-electron chi connectivity index (χ4n) is 8.73. The molecule has 0 aliphatic heterocycles. The quantitative estimate of drug-likeness (QED) is 0.699. The normalized spacial score (nSPS) is 54.7. The summed E-state index contributed by atoms with van der Waals surface area (Å²) in [4.78, 5) is 25.5. The van der Waals surface area contributed by atoms with Crippen molar-refractivity contribution < 1.29 is 19.4 Å². The lowest BCUT2D eigenvalue weighted by atomic mass is 9.37. The van der Waals surface area contributed by atoms with Crippen molar-refractivity contribution in [2.45, 2.75) is 85.2 Å².